The number of aromatic nitrogens is 1. The van der Waals surface area contributed by atoms with Crippen LogP contribution in [-0.2, 0) is 0 Å². The molecule has 0 spiro atoms. The number of hydrogen-bond donors (Lipinski definition) is 2. The number of amides is 1. The Morgan fingerprint density at radius 2 is 1.84 bits per heavy atom. The van der Waals surface area contributed by atoms with E-state index in [-0.39, 0.29) is 23.7 Å². The van der Waals surface area contributed by atoms with Gasteiger partial charge >= 0.3 is 0 Å². The summed E-state index contributed by atoms with van der Waals surface area (Å²) < 4.78 is 20.3. The zero-order valence-corrected chi connectivity index (χ0v) is 18.6. The van der Waals surface area contributed by atoms with Crippen LogP contribution in [0.5, 0.6) is 0 Å². The lowest BCUT2D eigenvalue weighted by atomic mass is 9.94. The van der Waals surface area contributed by atoms with Gasteiger partial charge in [0.2, 0.25) is 0 Å². The molecule has 2 saturated carbocycles. The molecule has 5 rings (SSSR count). The highest BCUT2D eigenvalue weighted by Crippen LogP contribution is 2.37. The van der Waals surface area contributed by atoms with Crippen LogP contribution >= 0.6 is 0 Å². The molecule has 164 valence electrons. The smallest absolute Gasteiger partial charge is 0.251 e. The van der Waals surface area contributed by atoms with Crippen molar-refractivity contribution in [1.29, 1.82) is 0 Å². The fourth-order valence-electron chi connectivity index (χ4n) is 3.68. The van der Waals surface area contributed by atoms with Crippen LogP contribution in [0, 0.1) is 12.7 Å². The van der Waals surface area contributed by atoms with E-state index in [2.05, 4.69) is 15.8 Å². The van der Waals surface area contributed by atoms with Crippen LogP contribution in [0.2, 0.25) is 0 Å². The van der Waals surface area contributed by atoms with Crippen molar-refractivity contribution in [2.45, 2.75) is 71.4 Å². The summed E-state index contributed by atoms with van der Waals surface area (Å²) in [6, 6.07) is 3.82. The van der Waals surface area contributed by atoms with Gasteiger partial charge in [-0.05, 0) is 67.5 Å². The monoisotopic (exact) mass is 423 g/mol. The van der Waals surface area contributed by atoms with E-state index in [1.807, 2.05) is 39.0 Å². The van der Waals surface area contributed by atoms with Gasteiger partial charge < -0.3 is 15.2 Å². The number of benzene rings is 1. The van der Waals surface area contributed by atoms with Crippen LogP contribution in [0.25, 0.3) is 11.6 Å². The Kier molecular flexibility index (Phi) is 5.99. The lowest BCUT2D eigenvalue weighted by Gasteiger charge is -2.12. The number of carbonyl (C=O) groups excluding carboxylic acids is 1. The lowest BCUT2D eigenvalue weighted by molar-refractivity contribution is 0.0950. The molecule has 1 heterocycles. The summed E-state index contributed by atoms with van der Waals surface area (Å²) >= 11 is 0. The Hall–Kier alpha value is -2.89. The molecule has 0 aliphatic heterocycles. The Morgan fingerprint density at radius 1 is 1.13 bits per heavy atom. The molecular weight excluding hydrogens is 393 g/mol. The molecule has 1 unspecified atom stereocenters. The van der Waals surface area contributed by atoms with E-state index >= 15 is 0 Å². The van der Waals surface area contributed by atoms with E-state index in [1.54, 1.807) is 13.0 Å². The molecule has 3 aliphatic carbocycles. The van der Waals surface area contributed by atoms with Gasteiger partial charge in [-0.25, -0.2) is 4.39 Å². The van der Waals surface area contributed by atoms with Gasteiger partial charge in [-0.2, -0.15) is 0 Å². The van der Waals surface area contributed by atoms with E-state index in [1.165, 1.54) is 6.07 Å². The number of anilines is 1. The second-order valence-electron chi connectivity index (χ2n) is 8.35. The van der Waals surface area contributed by atoms with Crippen LogP contribution in [0.15, 0.2) is 28.8 Å². The van der Waals surface area contributed by atoms with Crippen molar-refractivity contribution in [2.24, 2.45) is 0 Å². The van der Waals surface area contributed by atoms with Gasteiger partial charge in [0, 0.05) is 23.6 Å². The fourth-order valence-corrected chi connectivity index (χ4v) is 3.68. The maximum absolute atomic E-state index is 14.7. The first-order valence-electron chi connectivity index (χ1n) is 11.3. The first kappa shape index (κ1) is 21.3. The van der Waals surface area contributed by atoms with Crippen molar-refractivity contribution in [2.75, 3.05) is 5.32 Å². The normalized spacial score (nSPS) is 19.5. The molecule has 3 aliphatic rings. The minimum absolute atomic E-state index is 0.0244. The Labute approximate surface area is 182 Å². The molecule has 1 atom stereocenters. The third-order valence-corrected chi connectivity index (χ3v) is 5.78. The second-order valence-corrected chi connectivity index (χ2v) is 8.35. The van der Waals surface area contributed by atoms with Gasteiger partial charge in [0.05, 0.1) is 5.56 Å². The summed E-state index contributed by atoms with van der Waals surface area (Å²) in [5, 5.41) is 10.5. The van der Waals surface area contributed by atoms with E-state index in [9.17, 15) is 9.18 Å². The highest BCUT2D eigenvalue weighted by molar-refractivity contribution is 5.96. The first-order chi connectivity index (χ1) is 15.0. The van der Waals surface area contributed by atoms with Crippen molar-refractivity contribution in [1.82, 2.24) is 10.5 Å². The van der Waals surface area contributed by atoms with Gasteiger partial charge in [-0.3, -0.25) is 4.79 Å². The van der Waals surface area contributed by atoms with Crippen LogP contribution in [0.4, 0.5) is 10.2 Å². The SMILES string of the molecule is CC.Cc1c(F)cc(C(=O)NC2CC2)cc1C1=CC(C)c2onc(NC3CC3)c2C=C1. The van der Waals surface area contributed by atoms with Gasteiger partial charge in [0.1, 0.15) is 5.82 Å². The maximum Gasteiger partial charge on any atom is 0.251 e. The fraction of sp³-hybridized carbons (Fsp3) is 0.440. The molecule has 0 radical (unpaired) electrons. The Balaban J connectivity index is 0.00000112. The summed E-state index contributed by atoms with van der Waals surface area (Å²) in [5.74, 6) is 0.944. The molecule has 6 heteroatoms. The number of halogens is 1. The molecular formula is C25H30FN3O2. The van der Waals surface area contributed by atoms with E-state index in [0.717, 1.165) is 54.0 Å². The van der Waals surface area contributed by atoms with Crippen molar-refractivity contribution in [3.63, 3.8) is 0 Å². The topological polar surface area (TPSA) is 67.2 Å². The molecule has 1 aromatic heterocycles. The third kappa shape index (κ3) is 4.58. The molecule has 2 fully saturated rings. The van der Waals surface area contributed by atoms with Gasteiger partial charge in [-0.15, -0.1) is 0 Å². The third-order valence-electron chi connectivity index (χ3n) is 5.78. The second kappa shape index (κ2) is 8.69. The van der Waals surface area contributed by atoms with Gasteiger partial charge in [-0.1, -0.05) is 38.1 Å². The minimum Gasteiger partial charge on any atom is -0.364 e. The van der Waals surface area contributed by atoms with Crippen LogP contribution < -0.4 is 10.6 Å². The molecule has 0 bridgehead atoms. The van der Waals surface area contributed by atoms with E-state index in [0.29, 0.717) is 17.2 Å². The quantitative estimate of drug-likeness (QED) is 0.635. The number of hydrogen-bond acceptors (Lipinski definition) is 4. The number of fused-ring (bicyclic) bond motifs is 1. The number of nitrogens with one attached hydrogen (secondary N) is 2. The van der Waals surface area contributed by atoms with Crippen molar-refractivity contribution >= 4 is 23.4 Å². The molecule has 1 aromatic carbocycles. The van der Waals surface area contributed by atoms with Gasteiger partial charge in [0.15, 0.2) is 11.6 Å². The summed E-state index contributed by atoms with van der Waals surface area (Å²) in [4.78, 5) is 12.5. The maximum atomic E-state index is 14.7. The van der Waals surface area contributed by atoms with E-state index < -0.39 is 0 Å². The Morgan fingerprint density at radius 3 is 2.52 bits per heavy atom. The highest BCUT2D eigenvalue weighted by Gasteiger charge is 2.28. The Bertz CT molecular complexity index is 1050. The molecule has 5 nitrogen and oxygen atoms in total. The summed E-state index contributed by atoms with van der Waals surface area (Å²) in [6.45, 7) is 7.78. The van der Waals surface area contributed by atoms with Gasteiger partial charge in [0.25, 0.3) is 5.91 Å². The zero-order valence-electron chi connectivity index (χ0n) is 18.6. The molecule has 1 amide bonds. The summed E-state index contributed by atoms with van der Waals surface area (Å²) in [5.41, 5.74) is 3.43. The summed E-state index contributed by atoms with van der Waals surface area (Å²) in [7, 11) is 0. The van der Waals surface area contributed by atoms with Crippen LogP contribution in [0.1, 0.15) is 85.2 Å². The molecule has 2 N–H and O–H groups in total. The number of rotatable bonds is 5. The van der Waals surface area contributed by atoms with E-state index in [4.69, 9.17) is 4.52 Å². The summed E-state index contributed by atoms with van der Waals surface area (Å²) in [6.07, 6.45) is 10.3. The van der Waals surface area contributed by atoms with Crippen molar-refractivity contribution < 1.29 is 13.7 Å². The zero-order chi connectivity index (χ0) is 22.1. The predicted molar refractivity (Wildman–Crippen MR) is 122 cm³/mol. The largest absolute Gasteiger partial charge is 0.364 e. The molecule has 0 saturated heterocycles. The predicted octanol–water partition coefficient (Wildman–Crippen LogP) is 5.83. The standard InChI is InChI=1S/C23H24FN3O2.C2H6/c1-12-9-14(3-8-18-21(12)29-27-22(18)25-16-4-5-16)19-10-15(11-20(24)13(19)2)23(28)26-17-6-7-17;1-2/h3,8-12,16-17H,4-7H2,1-2H3,(H,25,27)(H,26,28);1-2H3. The van der Waals surface area contributed by atoms with Crippen molar-refractivity contribution in [3.8, 4) is 0 Å². The highest BCUT2D eigenvalue weighted by atomic mass is 19.1. The average Bonchev–Trinajstić information content (AvgIpc) is 3.68. The number of allylic oxidation sites excluding steroid dienone is 3. The minimum atomic E-state index is -0.371. The van der Waals surface area contributed by atoms with Crippen molar-refractivity contribution in [3.05, 3.63) is 58.1 Å². The molecule has 31 heavy (non-hydrogen) atoms. The average molecular weight is 424 g/mol. The number of nitrogens with zero attached hydrogens (tertiary/aromatic N) is 1. The van der Waals surface area contributed by atoms with Crippen LogP contribution in [-0.4, -0.2) is 23.1 Å². The number of carbonyl (C=O) groups is 1. The molecule has 2 aromatic rings. The lowest BCUT2D eigenvalue weighted by Crippen LogP contribution is -2.25. The van der Waals surface area contributed by atoms with Crippen LogP contribution in [0.3, 0.4) is 0 Å². The first-order valence-corrected chi connectivity index (χ1v) is 11.3.